The number of benzene rings is 2. The summed E-state index contributed by atoms with van der Waals surface area (Å²) in [6, 6.07) is 20.8. The summed E-state index contributed by atoms with van der Waals surface area (Å²) in [7, 11) is 0. The van der Waals surface area contributed by atoms with Crippen molar-refractivity contribution in [2.75, 3.05) is 0 Å². The summed E-state index contributed by atoms with van der Waals surface area (Å²) in [5.41, 5.74) is 14.2. The lowest BCUT2D eigenvalue weighted by molar-refractivity contribution is -0.0738. The average Bonchev–Trinajstić information content (AvgIpc) is 3.18. The molecular formula is C28H27N5O. The van der Waals surface area contributed by atoms with Gasteiger partial charge in [0.2, 0.25) is 0 Å². The van der Waals surface area contributed by atoms with Crippen molar-refractivity contribution in [1.29, 1.82) is 0 Å². The summed E-state index contributed by atoms with van der Waals surface area (Å²) < 4.78 is 1.81. The quantitative estimate of drug-likeness (QED) is 0.408. The molecule has 0 saturated heterocycles. The fourth-order valence-electron chi connectivity index (χ4n) is 5.43. The van der Waals surface area contributed by atoms with Crippen LogP contribution in [-0.4, -0.2) is 30.3 Å². The smallest absolute Gasteiger partial charge is 0.165 e. The molecule has 6 heteroatoms. The topological polar surface area (TPSA) is 89.3 Å². The van der Waals surface area contributed by atoms with Crippen molar-refractivity contribution in [2.45, 2.75) is 44.8 Å². The van der Waals surface area contributed by atoms with Gasteiger partial charge in [0.1, 0.15) is 0 Å². The van der Waals surface area contributed by atoms with E-state index in [0.717, 1.165) is 50.3 Å². The minimum absolute atomic E-state index is 0.484. The number of nitrogens with two attached hydrogens (primary N) is 1. The molecule has 0 amide bonds. The highest BCUT2D eigenvalue weighted by atomic mass is 16.3. The first-order valence-electron chi connectivity index (χ1n) is 11.6. The van der Waals surface area contributed by atoms with Gasteiger partial charge in [0.15, 0.2) is 11.3 Å². The van der Waals surface area contributed by atoms with Gasteiger partial charge in [0.05, 0.1) is 17.0 Å². The molecule has 0 radical (unpaired) electrons. The van der Waals surface area contributed by atoms with Crippen molar-refractivity contribution in [3.05, 3.63) is 83.7 Å². The predicted octanol–water partition coefficient (Wildman–Crippen LogP) is 4.93. The van der Waals surface area contributed by atoms with Crippen LogP contribution < -0.4 is 5.73 Å². The van der Waals surface area contributed by atoms with Gasteiger partial charge in [-0.15, -0.1) is 0 Å². The van der Waals surface area contributed by atoms with Crippen LogP contribution >= 0.6 is 0 Å². The zero-order chi connectivity index (χ0) is 23.7. The van der Waals surface area contributed by atoms with Gasteiger partial charge in [-0.05, 0) is 56.4 Å². The van der Waals surface area contributed by atoms with Gasteiger partial charge < -0.3 is 10.8 Å². The van der Waals surface area contributed by atoms with E-state index in [-0.39, 0.29) is 0 Å². The first-order valence-corrected chi connectivity index (χ1v) is 11.6. The van der Waals surface area contributed by atoms with Crippen LogP contribution in [0.3, 0.4) is 0 Å². The van der Waals surface area contributed by atoms with Gasteiger partial charge in [-0.3, -0.25) is 0 Å². The fraction of sp³-hybridized carbons (Fsp3) is 0.250. The number of hydrogen-bond acceptors (Lipinski definition) is 5. The summed E-state index contributed by atoms with van der Waals surface area (Å²) in [5.74, 6) is 0. The third kappa shape index (κ3) is 3.30. The van der Waals surface area contributed by atoms with E-state index >= 15 is 0 Å². The Morgan fingerprint density at radius 1 is 0.971 bits per heavy atom. The van der Waals surface area contributed by atoms with Crippen LogP contribution in [0.25, 0.3) is 39.1 Å². The van der Waals surface area contributed by atoms with E-state index in [9.17, 15) is 5.11 Å². The largest absolute Gasteiger partial charge is 0.390 e. The van der Waals surface area contributed by atoms with Crippen molar-refractivity contribution < 1.29 is 5.11 Å². The zero-order valence-corrected chi connectivity index (χ0v) is 19.6. The van der Waals surface area contributed by atoms with Gasteiger partial charge in [-0.25, -0.2) is 9.97 Å². The maximum Gasteiger partial charge on any atom is 0.165 e. The SMILES string of the molecule is Cc1cc2ncc3cc(-c4ccccc4C)c(-c4ccc([C@]5(N)C[C@](C)(O)C5)cc4)nc3n2n1. The van der Waals surface area contributed by atoms with E-state index in [1.807, 2.05) is 36.7 Å². The molecule has 0 unspecified atom stereocenters. The lowest BCUT2D eigenvalue weighted by atomic mass is 9.63. The van der Waals surface area contributed by atoms with Crippen LogP contribution in [0.15, 0.2) is 66.9 Å². The minimum atomic E-state index is -0.688. The third-order valence-electron chi connectivity index (χ3n) is 6.94. The molecule has 6 nitrogen and oxygen atoms in total. The van der Waals surface area contributed by atoms with Crippen molar-refractivity contribution in [3.63, 3.8) is 0 Å². The molecule has 2 aromatic carbocycles. The second-order valence-corrected chi connectivity index (χ2v) is 10.0. The predicted molar refractivity (Wildman–Crippen MR) is 134 cm³/mol. The second kappa shape index (κ2) is 7.19. The Bertz CT molecular complexity index is 1560. The van der Waals surface area contributed by atoms with Crippen LogP contribution in [0.1, 0.15) is 36.6 Å². The number of aliphatic hydroxyl groups is 1. The number of aryl methyl sites for hydroxylation is 2. The fourth-order valence-corrected chi connectivity index (χ4v) is 5.43. The number of aromatic nitrogens is 4. The van der Waals surface area contributed by atoms with Gasteiger partial charge in [-0.1, -0.05) is 48.5 Å². The summed E-state index contributed by atoms with van der Waals surface area (Å²) in [5, 5.41) is 15.8. The highest BCUT2D eigenvalue weighted by molar-refractivity contribution is 5.91. The molecule has 170 valence electrons. The first kappa shape index (κ1) is 21.0. The molecule has 1 aliphatic rings. The molecule has 6 rings (SSSR count). The molecule has 3 aromatic heterocycles. The van der Waals surface area contributed by atoms with Crippen molar-refractivity contribution in [2.24, 2.45) is 5.73 Å². The number of rotatable bonds is 3. The standard InChI is InChI=1S/C28H27N5O/c1-17-6-4-5-7-22(17)23-13-20-14-30-24-12-18(2)32-33(24)26(20)31-25(23)19-8-10-21(11-9-19)28(29)15-27(3,34)16-28/h4-14,34H,15-16,29H2,1-3H3/t27-,28-. The van der Waals surface area contributed by atoms with E-state index < -0.39 is 11.1 Å². The van der Waals surface area contributed by atoms with E-state index in [2.05, 4.69) is 65.5 Å². The van der Waals surface area contributed by atoms with Crippen LogP contribution in [0.5, 0.6) is 0 Å². The normalized spacial score (nSPS) is 22.3. The van der Waals surface area contributed by atoms with Crippen LogP contribution in [-0.2, 0) is 5.54 Å². The summed E-state index contributed by atoms with van der Waals surface area (Å²) in [6.45, 7) is 5.92. The Balaban J connectivity index is 1.55. The maximum absolute atomic E-state index is 10.2. The Kier molecular flexibility index (Phi) is 4.43. The van der Waals surface area contributed by atoms with E-state index in [1.54, 1.807) is 0 Å². The third-order valence-corrected chi connectivity index (χ3v) is 6.94. The maximum atomic E-state index is 10.2. The molecule has 0 bridgehead atoms. The summed E-state index contributed by atoms with van der Waals surface area (Å²) in [6.07, 6.45) is 2.99. The molecule has 5 aromatic rings. The Labute approximate surface area is 198 Å². The first-order chi connectivity index (χ1) is 16.2. The number of nitrogens with zero attached hydrogens (tertiary/aromatic N) is 4. The Morgan fingerprint density at radius 2 is 1.71 bits per heavy atom. The lowest BCUT2D eigenvalue weighted by Gasteiger charge is -2.49. The van der Waals surface area contributed by atoms with Crippen LogP contribution in [0, 0.1) is 13.8 Å². The molecule has 1 saturated carbocycles. The molecule has 0 aliphatic heterocycles. The Hall–Kier alpha value is -3.61. The Morgan fingerprint density at radius 3 is 2.41 bits per heavy atom. The highest BCUT2D eigenvalue weighted by Gasteiger charge is 2.49. The summed E-state index contributed by atoms with van der Waals surface area (Å²) in [4.78, 5) is 9.72. The van der Waals surface area contributed by atoms with Gasteiger partial charge in [0, 0.05) is 34.3 Å². The lowest BCUT2D eigenvalue weighted by Crippen LogP contribution is -2.58. The van der Waals surface area contributed by atoms with Crippen molar-refractivity contribution in [3.8, 4) is 22.4 Å². The van der Waals surface area contributed by atoms with Gasteiger partial charge >= 0.3 is 0 Å². The minimum Gasteiger partial charge on any atom is -0.390 e. The second-order valence-electron chi connectivity index (χ2n) is 10.0. The van der Waals surface area contributed by atoms with Crippen LogP contribution in [0.4, 0.5) is 0 Å². The number of fused-ring (bicyclic) bond motifs is 3. The van der Waals surface area contributed by atoms with Gasteiger partial charge in [0.25, 0.3) is 0 Å². The molecular weight excluding hydrogens is 422 g/mol. The zero-order valence-electron chi connectivity index (χ0n) is 19.6. The van der Waals surface area contributed by atoms with E-state index in [4.69, 9.17) is 10.7 Å². The number of hydrogen-bond donors (Lipinski definition) is 2. The van der Waals surface area contributed by atoms with Gasteiger partial charge in [-0.2, -0.15) is 9.61 Å². The molecule has 3 heterocycles. The van der Waals surface area contributed by atoms with Crippen molar-refractivity contribution >= 4 is 16.7 Å². The number of pyridine rings is 1. The molecule has 3 N–H and O–H groups in total. The monoisotopic (exact) mass is 449 g/mol. The van der Waals surface area contributed by atoms with Crippen molar-refractivity contribution in [1.82, 2.24) is 19.6 Å². The average molecular weight is 450 g/mol. The highest BCUT2D eigenvalue weighted by Crippen LogP contribution is 2.46. The molecule has 1 aliphatic carbocycles. The van der Waals surface area contributed by atoms with Crippen LogP contribution in [0.2, 0.25) is 0 Å². The molecule has 34 heavy (non-hydrogen) atoms. The van der Waals surface area contributed by atoms with E-state index in [0.29, 0.717) is 12.8 Å². The molecule has 0 atom stereocenters. The summed E-state index contributed by atoms with van der Waals surface area (Å²) >= 11 is 0. The molecule has 1 fully saturated rings. The van der Waals surface area contributed by atoms with E-state index in [1.165, 1.54) is 5.56 Å². The molecule has 0 spiro atoms.